The summed E-state index contributed by atoms with van der Waals surface area (Å²) < 4.78 is 2.11. The van der Waals surface area contributed by atoms with Gasteiger partial charge in [-0.3, -0.25) is 9.55 Å². The van der Waals surface area contributed by atoms with Crippen molar-refractivity contribution >= 4 is 27.4 Å². The summed E-state index contributed by atoms with van der Waals surface area (Å²) in [5, 5.41) is 3.53. The first kappa shape index (κ1) is 16.6. The van der Waals surface area contributed by atoms with E-state index in [1.165, 1.54) is 16.5 Å². The van der Waals surface area contributed by atoms with E-state index in [-0.39, 0.29) is 5.41 Å². The Labute approximate surface area is 154 Å². The van der Waals surface area contributed by atoms with Crippen LogP contribution in [0, 0.1) is 0 Å². The molecule has 0 amide bonds. The second kappa shape index (κ2) is 5.84. The number of benzene rings is 1. The van der Waals surface area contributed by atoms with Crippen LogP contribution in [0.3, 0.4) is 0 Å². The van der Waals surface area contributed by atoms with Gasteiger partial charge >= 0.3 is 0 Å². The van der Waals surface area contributed by atoms with E-state index in [9.17, 15) is 0 Å². The molecule has 0 aliphatic rings. The number of hydrogen-bond donors (Lipinski definition) is 0. The molecule has 3 aromatic heterocycles. The third kappa shape index (κ3) is 2.71. The third-order valence-corrected chi connectivity index (χ3v) is 4.80. The second-order valence-corrected chi connectivity index (χ2v) is 8.00. The summed E-state index contributed by atoms with van der Waals surface area (Å²) in [7, 11) is 4.13. The van der Waals surface area contributed by atoms with Gasteiger partial charge in [0.1, 0.15) is 5.82 Å². The van der Waals surface area contributed by atoms with E-state index in [1.807, 2.05) is 12.4 Å². The molecular weight excluding hydrogens is 320 g/mol. The fraction of sp³-hybridized carbons (Fsp3) is 0.273. The Bertz CT molecular complexity index is 1100. The smallest absolute Gasteiger partial charge is 0.137 e. The van der Waals surface area contributed by atoms with E-state index < -0.39 is 0 Å². The summed E-state index contributed by atoms with van der Waals surface area (Å²) in [5.41, 5.74) is 3.41. The Morgan fingerprint density at radius 2 is 1.73 bits per heavy atom. The highest BCUT2D eigenvalue weighted by atomic mass is 15.1. The van der Waals surface area contributed by atoms with Gasteiger partial charge in [0.15, 0.2) is 0 Å². The molecule has 0 unspecified atom stereocenters. The molecule has 0 saturated carbocycles. The van der Waals surface area contributed by atoms with Crippen molar-refractivity contribution in [1.82, 2.24) is 14.5 Å². The van der Waals surface area contributed by atoms with Crippen LogP contribution < -0.4 is 4.90 Å². The minimum absolute atomic E-state index is 0.0398. The van der Waals surface area contributed by atoms with Gasteiger partial charge in [0.2, 0.25) is 0 Å². The molecule has 0 atom stereocenters. The normalized spacial score (nSPS) is 12.0. The number of nitrogens with zero attached hydrogens (tertiary/aromatic N) is 4. The van der Waals surface area contributed by atoms with Crippen LogP contribution in [0.4, 0.5) is 5.69 Å². The Kier molecular flexibility index (Phi) is 3.72. The van der Waals surface area contributed by atoms with E-state index in [0.717, 1.165) is 22.4 Å². The lowest BCUT2D eigenvalue weighted by molar-refractivity contribution is 0.570. The maximum Gasteiger partial charge on any atom is 0.137 e. The first-order chi connectivity index (χ1) is 12.3. The van der Waals surface area contributed by atoms with Crippen molar-refractivity contribution in [3.63, 3.8) is 0 Å². The second-order valence-electron chi connectivity index (χ2n) is 8.00. The van der Waals surface area contributed by atoms with Crippen molar-refractivity contribution in [3.8, 4) is 5.82 Å². The van der Waals surface area contributed by atoms with Crippen LogP contribution >= 0.6 is 0 Å². The van der Waals surface area contributed by atoms with E-state index in [2.05, 4.69) is 96.9 Å². The number of aromatic nitrogens is 3. The van der Waals surface area contributed by atoms with Gasteiger partial charge in [0.25, 0.3) is 0 Å². The molecule has 0 bridgehead atoms. The van der Waals surface area contributed by atoms with Gasteiger partial charge in [-0.15, -0.1) is 0 Å². The summed E-state index contributed by atoms with van der Waals surface area (Å²) in [4.78, 5) is 11.5. The molecule has 26 heavy (non-hydrogen) atoms. The fourth-order valence-corrected chi connectivity index (χ4v) is 3.31. The highest BCUT2D eigenvalue weighted by molar-refractivity contribution is 5.95. The maximum absolute atomic E-state index is 4.69. The molecule has 4 aromatic rings. The first-order valence-electron chi connectivity index (χ1n) is 8.89. The number of fused-ring (bicyclic) bond motifs is 2. The Hall–Kier alpha value is -2.88. The van der Waals surface area contributed by atoms with Gasteiger partial charge in [-0.1, -0.05) is 32.9 Å². The molecule has 1 aromatic carbocycles. The highest BCUT2D eigenvalue weighted by Gasteiger charge is 2.17. The van der Waals surface area contributed by atoms with Gasteiger partial charge in [-0.2, -0.15) is 0 Å². The van der Waals surface area contributed by atoms with Crippen molar-refractivity contribution in [2.24, 2.45) is 0 Å². The third-order valence-electron chi connectivity index (χ3n) is 4.80. The van der Waals surface area contributed by atoms with Gasteiger partial charge in [0.05, 0.1) is 11.7 Å². The molecule has 0 aliphatic heterocycles. The lowest BCUT2D eigenvalue weighted by Gasteiger charge is -2.18. The quantitative estimate of drug-likeness (QED) is 0.517. The zero-order chi connectivity index (χ0) is 18.5. The SMILES string of the molecule is CN(C)c1cccc2cnc(-n3ccc4cc(C(C)(C)C)ncc43)cc12. The van der Waals surface area contributed by atoms with E-state index in [4.69, 9.17) is 0 Å². The van der Waals surface area contributed by atoms with Gasteiger partial charge in [-0.05, 0) is 24.3 Å². The summed E-state index contributed by atoms with van der Waals surface area (Å²) >= 11 is 0. The Morgan fingerprint density at radius 1 is 0.923 bits per heavy atom. The maximum atomic E-state index is 4.69. The molecule has 132 valence electrons. The molecule has 0 radical (unpaired) electrons. The van der Waals surface area contributed by atoms with E-state index in [1.54, 1.807) is 0 Å². The van der Waals surface area contributed by atoms with Crippen LogP contribution in [-0.2, 0) is 5.41 Å². The van der Waals surface area contributed by atoms with Crippen LogP contribution in [0.2, 0.25) is 0 Å². The number of rotatable bonds is 2. The van der Waals surface area contributed by atoms with Crippen molar-refractivity contribution in [1.29, 1.82) is 0 Å². The fourth-order valence-electron chi connectivity index (χ4n) is 3.31. The Balaban J connectivity index is 1.89. The molecule has 0 spiro atoms. The molecule has 4 rings (SSSR count). The van der Waals surface area contributed by atoms with E-state index in [0.29, 0.717) is 0 Å². The molecule has 0 fully saturated rings. The number of hydrogen-bond acceptors (Lipinski definition) is 3. The van der Waals surface area contributed by atoms with Crippen LogP contribution in [0.25, 0.3) is 27.5 Å². The van der Waals surface area contributed by atoms with Crippen molar-refractivity contribution in [3.05, 3.63) is 60.7 Å². The van der Waals surface area contributed by atoms with Crippen molar-refractivity contribution in [2.75, 3.05) is 19.0 Å². The summed E-state index contributed by atoms with van der Waals surface area (Å²) in [6.07, 6.45) is 5.98. The predicted octanol–water partition coefficient (Wildman–Crippen LogP) is 4.94. The minimum atomic E-state index is 0.0398. The van der Waals surface area contributed by atoms with Crippen LogP contribution in [0.15, 0.2) is 55.0 Å². The van der Waals surface area contributed by atoms with Gasteiger partial charge in [0, 0.05) is 59.4 Å². The minimum Gasteiger partial charge on any atom is -0.377 e. The Morgan fingerprint density at radius 3 is 2.46 bits per heavy atom. The van der Waals surface area contributed by atoms with Crippen LogP contribution in [0.1, 0.15) is 26.5 Å². The standard InChI is InChI=1S/C22H24N4/c1-22(2,3)20-11-15-9-10-26(19(15)14-23-20)21-12-17-16(13-24-21)7-6-8-18(17)25(4)5/h6-14H,1-5H3. The number of anilines is 1. The summed E-state index contributed by atoms with van der Waals surface area (Å²) in [6, 6.07) is 12.8. The highest BCUT2D eigenvalue weighted by Crippen LogP contribution is 2.29. The van der Waals surface area contributed by atoms with Gasteiger partial charge in [-0.25, -0.2) is 4.98 Å². The largest absolute Gasteiger partial charge is 0.377 e. The lowest BCUT2D eigenvalue weighted by Crippen LogP contribution is -2.13. The average molecular weight is 344 g/mol. The molecule has 4 heteroatoms. The first-order valence-corrected chi connectivity index (χ1v) is 8.89. The van der Waals surface area contributed by atoms with Crippen molar-refractivity contribution in [2.45, 2.75) is 26.2 Å². The van der Waals surface area contributed by atoms with Crippen LogP contribution in [0.5, 0.6) is 0 Å². The summed E-state index contributed by atoms with van der Waals surface area (Å²) in [5.74, 6) is 0.909. The molecule has 0 saturated heterocycles. The average Bonchev–Trinajstić information content (AvgIpc) is 3.03. The number of pyridine rings is 2. The molecule has 0 N–H and O–H groups in total. The molecule has 3 heterocycles. The molecule has 4 nitrogen and oxygen atoms in total. The van der Waals surface area contributed by atoms with Crippen LogP contribution in [-0.4, -0.2) is 28.6 Å². The predicted molar refractivity (Wildman–Crippen MR) is 109 cm³/mol. The zero-order valence-electron chi connectivity index (χ0n) is 16.0. The molecule has 0 aliphatic carbocycles. The lowest BCUT2D eigenvalue weighted by atomic mass is 9.91. The van der Waals surface area contributed by atoms with E-state index >= 15 is 0 Å². The zero-order valence-corrected chi connectivity index (χ0v) is 16.0. The van der Waals surface area contributed by atoms with Crippen molar-refractivity contribution < 1.29 is 0 Å². The van der Waals surface area contributed by atoms with Gasteiger partial charge < -0.3 is 4.90 Å². The molecular formula is C22H24N4. The monoisotopic (exact) mass is 344 g/mol. The summed E-state index contributed by atoms with van der Waals surface area (Å²) in [6.45, 7) is 6.56. The topological polar surface area (TPSA) is 34.0 Å².